The molecular weight excluding hydrogens is 247 g/mol. The summed E-state index contributed by atoms with van der Waals surface area (Å²) in [7, 11) is 0. The Morgan fingerprint density at radius 1 is 1.26 bits per heavy atom. The first-order valence-corrected chi connectivity index (χ1v) is 6.15. The number of halogens is 1. The molecule has 0 saturated heterocycles. The van der Waals surface area contributed by atoms with E-state index in [4.69, 9.17) is 0 Å². The molecule has 0 aromatic heterocycles. The van der Waals surface area contributed by atoms with Crippen LogP contribution in [0.2, 0.25) is 0 Å². The van der Waals surface area contributed by atoms with Crippen molar-refractivity contribution < 1.29 is 14.0 Å². The first-order chi connectivity index (χ1) is 8.81. The summed E-state index contributed by atoms with van der Waals surface area (Å²) in [5.41, 5.74) is 0.893. The van der Waals surface area contributed by atoms with Crippen molar-refractivity contribution in [1.82, 2.24) is 5.32 Å². The molecular formula is C14H19FN2O2. The van der Waals surface area contributed by atoms with Crippen LogP contribution in [0.3, 0.4) is 0 Å². The van der Waals surface area contributed by atoms with Gasteiger partial charge in [0, 0.05) is 12.6 Å². The number of carbonyl (C=O) groups is 2. The van der Waals surface area contributed by atoms with Crippen molar-refractivity contribution in [2.24, 2.45) is 5.92 Å². The van der Waals surface area contributed by atoms with Crippen LogP contribution in [0.4, 0.5) is 10.1 Å². The Kier molecular flexibility index (Phi) is 5.03. The van der Waals surface area contributed by atoms with Gasteiger partial charge in [0.15, 0.2) is 0 Å². The number of nitrogens with one attached hydrogen (secondary N) is 2. The average Bonchev–Trinajstić information content (AvgIpc) is 2.30. The number of hydrogen-bond donors (Lipinski definition) is 2. The molecule has 1 atom stereocenters. The number of hydrogen-bond acceptors (Lipinski definition) is 2. The van der Waals surface area contributed by atoms with Gasteiger partial charge in [0.2, 0.25) is 11.8 Å². The van der Waals surface area contributed by atoms with Crippen LogP contribution < -0.4 is 10.6 Å². The fraction of sp³-hybridized carbons (Fsp3) is 0.429. The Bertz CT molecular complexity index is 486. The maximum absolute atomic E-state index is 13.4. The van der Waals surface area contributed by atoms with Crippen molar-refractivity contribution in [3.8, 4) is 0 Å². The second-order valence-corrected chi connectivity index (χ2v) is 4.88. The quantitative estimate of drug-likeness (QED) is 0.878. The Morgan fingerprint density at radius 2 is 1.89 bits per heavy atom. The second-order valence-electron chi connectivity index (χ2n) is 4.88. The maximum atomic E-state index is 13.4. The van der Waals surface area contributed by atoms with Crippen LogP contribution in [-0.4, -0.2) is 17.9 Å². The largest absolute Gasteiger partial charge is 0.344 e. The van der Waals surface area contributed by atoms with Gasteiger partial charge in [-0.05, 0) is 30.5 Å². The number of carbonyl (C=O) groups excluding carboxylic acids is 2. The van der Waals surface area contributed by atoms with Crippen LogP contribution in [-0.2, 0) is 9.59 Å². The maximum Gasteiger partial charge on any atom is 0.247 e. The zero-order chi connectivity index (χ0) is 14.6. The van der Waals surface area contributed by atoms with Crippen LogP contribution in [0.15, 0.2) is 18.2 Å². The second kappa shape index (κ2) is 6.31. The highest BCUT2D eigenvalue weighted by molar-refractivity contribution is 5.97. The zero-order valence-corrected chi connectivity index (χ0v) is 11.6. The molecule has 104 valence electrons. The molecule has 2 N–H and O–H groups in total. The van der Waals surface area contributed by atoms with Gasteiger partial charge < -0.3 is 10.6 Å². The summed E-state index contributed by atoms with van der Waals surface area (Å²) in [6.45, 7) is 6.66. The molecule has 5 heteroatoms. The monoisotopic (exact) mass is 266 g/mol. The van der Waals surface area contributed by atoms with Crippen molar-refractivity contribution in [2.75, 3.05) is 5.32 Å². The minimum absolute atomic E-state index is 0.0563. The average molecular weight is 266 g/mol. The summed E-state index contributed by atoms with van der Waals surface area (Å²) in [6.07, 6.45) is 0. The first-order valence-electron chi connectivity index (χ1n) is 6.15. The summed E-state index contributed by atoms with van der Waals surface area (Å²) < 4.78 is 13.4. The van der Waals surface area contributed by atoms with E-state index < -0.39 is 6.04 Å². The van der Waals surface area contributed by atoms with Gasteiger partial charge in [-0.2, -0.15) is 0 Å². The smallest absolute Gasteiger partial charge is 0.247 e. The summed E-state index contributed by atoms with van der Waals surface area (Å²) in [5, 5.41) is 5.18. The summed E-state index contributed by atoms with van der Waals surface area (Å²) >= 11 is 0. The van der Waals surface area contributed by atoms with Gasteiger partial charge in [-0.25, -0.2) is 4.39 Å². The molecule has 0 aliphatic rings. The minimum Gasteiger partial charge on any atom is -0.344 e. The molecule has 0 saturated carbocycles. The van der Waals surface area contributed by atoms with E-state index in [-0.39, 0.29) is 23.5 Å². The Labute approximate surface area is 112 Å². The Morgan fingerprint density at radius 3 is 2.37 bits per heavy atom. The lowest BCUT2D eigenvalue weighted by molar-refractivity contribution is -0.126. The predicted molar refractivity (Wildman–Crippen MR) is 72.2 cm³/mol. The minimum atomic E-state index is -0.637. The van der Waals surface area contributed by atoms with E-state index in [1.807, 2.05) is 13.8 Å². The standard InChI is InChI=1S/C14H19FN2O2/c1-8(2)13(16-10(4)18)14(19)17-11-6-5-9(3)12(15)7-11/h5-8,13H,1-4H3,(H,16,18)(H,17,19). The van der Waals surface area contributed by atoms with Crippen molar-refractivity contribution in [3.05, 3.63) is 29.6 Å². The molecule has 1 aromatic rings. The van der Waals surface area contributed by atoms with Gasteiger partial charge in [-0.1, -0.05) is 19.9 Å². The van der Waals surface area contributed by atoms with Gasteiger partial charge in [0.1, 0.15) is 11.9 Å². The Hall–Kier alpha value is -1.91. The van der Waals surface area contributed by atoms with E-state index in [0.29, 0.717) is 11.3 Å². The fourth-order valence-corrected chi connectivity index (χ4v) is 1.64. The van der Waals surface area contributed by atoms with E-state index in [0.717, 1.165) is 0 Å². The van der Waals surface area contributed by atoms with Crippen molar-refractivity contribution >= 4 is 17.5 Å². The van der Waals surface area contributed by atoms with E-state index in [9.17, 15) is 14.0 Å². The highest BCUT2D eigenvalue weighted by atomic mass is 19.1. The van der Waals surface area contributed by atoms with Gasteiger partial charge >= 0.3 is 0 Å². The normalized spacial score (nSPS) is 12.1. The molecule has 0 bridgehead atoms. The summed E-state index contributed by atoms with van der Waals surface area (Å²) in [5.74, 6) is -1.06. The molecule has 1 rings (SSSR count). The fourth-order valence-electron chi connectivity index (χ4n) is 1.64. The molecule has 0 fully saturated rings. The molecule has 0 radical (unpaired) electrons. The number of aryl methyl sites for hydroxylation is 1. The van der Waals surface area contributed by atoms with Crippen LogP contribution in [0.25, 0.3) is 0 Å². The van der Waals surface area contributed by atoms with Crippen LogP contribution >= 0.6 is 0 Å². The lowest BCUT2D eigenvalue weighted by Crippen LogP contribution is -2.46. The van der Waals surface area contributed by atoms with E-state index in [1.165, 1.54) is 13.0 Å². The molecule has 0 heterocycles. The SMILES string of the molecule is CC(=O)NC(C(=O)Nc1ccc(C)c(F)c1)C(C)C. The Balaban J connectivity index is 2.81. The number of amides is 2. The van der Waals surface area contributed by atoms with Crippen LogP contribution in [0.5, 0.6) is 0 Å². The molecule has 19 heavy (non-hydrogen) atoms. The number of benzene rings is 1. The molecule has 0 spiro atoms. The number of rotatable bonds is 4. The van der Waals surface area contributed by atoms with Gasteiger partial charge in [-0.15, -0.1) is 0 Å². The highest BCUT2D eigenvalue weighted by Crippen LogP contribution is 2.14. The third-order valence-electron chi connectivity index (χ3n) is 2.75. The van der Waals surface area contributed by atoms with Crippen molar-refractivity contribution in [3.63, 3.8) is 0 Å². The first kappa shape index (κ1) is 15.1. The van der Waals surface area contributed by atoms with Gasteiger partial charge in [0.25, 0.3) is 0 Å². The summed E-state index contributed by atoms with van der Waals surface area (Å²) in [4.78, 5) is 23.1. The molecule has 2 amide bonds. The van der Waals surface area contributed by atoms with Crippen LogP contribution in [0, 0.1) is 18.7 Å². The topological polar surface area (TPSA) is 58.2 Å². The lowest BCUT2D eigenvalue weighted by atomic mass is 10.0. The van der Waals surface area contributed by atoms with E-state index in [1.54, 1.807) is 19.1 Å². The third-order valence-corrected chi connectivity index (χ3v) is 2.75. The lowest BCUT2D eigenvalue weighted by Gasteiger charge is -2.21. The van der Waals surface area contributed by atoms with Crippen LogP contribution in [0.1, 0.15) is 26.3 Å². The number of anilines is 1. The third kappa shape index (κ3) is 4.35. The summed E-state index contributed by atoms with van der Waals surface area (Å²) in [6, 6.07) is 3.84. The molecule has 0 aliphatic heterocycles. The van der Waals surface area contributed by atoms with Crippen molar-refractivity contribution in [1.29, 1.82) is 0 Å². The van der Waals surface area contributed by atoms with E-state index in [2.05, 4.69) is 10.6 Å². The molecule has 1 unspecified atom stereocenters. The highest BCUT2D eigenvalue weighted by Gasteiger charge is 2.23. The van der Waals surface area contributed by atoms with Gasteiger partial charge in [-0.3, -0.25) is 9.59 Å². The van der Waals surface area contributed by atoms with Gasteiger partial charge in [0.05, 0.1) is 0 Å². The van der Waals surface area contributed by atoms with E-state index >= 15 is 0 Å². The molecule has 4 nitrogen and oxygen atoms in total. The van der Waals surface area contributed by atoms with Crippen molar-refractivity contribution in [2.45, 2.75) is 33.7 Å². The zero-order valence-electron chi connectivity index (χ0n) is 11.6. The predicted octanol–water partition coefficient (Wildman–Crippen LogP) is 2.23. The molecule has 0 aliphatic carbocycles. The molecule has 1 aromatic carbocycles.